The topological polar surface area (TPSA) is 102 Å². The van der Waals surface area contributed by atoms with Gasteiger partial charge in [0, 0.05) is 11.1 Å². The molecule has 0 saturated heterocycles. The quantitative estimate of drug-likeness (QED) is 0.142. The van der Waals surface area contributed by atoms with Crippen LogP contribution in [0.3, 0.4) is 0 Å². The van der Waals surface area contributed by atoms with E-state index in [2.05, 4.69) is 20.5 Å². The first-order valence-corrected chi connectivity index (χ1v) is 13.1. The van der Waals surface area contributed by atoms with Crippen LogP contribution < -0.4 is 0 Å². The second-order valence-corrected chi connectivity index (χ2v) is 9.15. The predicted octanol–water partition coefficient (Wildman–Crippen LogP) is 9.37. The van der Waals surface area contributed by atoms with E-state index in [1.807, 2.05) is 72.8 Å². The lowest BCUT2D eigenvalue weighted by molar-refractivity contribution is 0.0640. The van der Waals surface area contributed by atoms with Crippen molar-refractivity contribution >= 4 is 46.2 Å². The second-order valence-electron chi connectivity index (χ2n) is 9.15. The van der Waals surface area contributed by atoms with Crippen LogP contribution in [-0.2, 0) is 9.47 Å². The van der Waals surface area contributed by atoms with E-state index in [-0.39, 0.29) is 11.5 Å². The van der Waals surface area contributed by atoms with Crippen molar-refractivity contribution in [3.63, 3.8) is 0 Å². The van der Waals surface area contributed by atoms with Crippen molar-refractivity contribution in [3.8, 4) is 0 Å². The summed E-state index contributed by atoms with van der Waals surface area (Å²) >= 11 is 0. The highest BCUT2D eigenvalue weighted by molar-refractivity contribution is 6.07. The first kappa shape index (κ1) is 26.2. The molecule has 0 unspecified atom stereocenters. The van der Waals surface area contributed by atoms with Crippen molar-refractivity contribution < 1.29 is 19.1 Å². The number of carbonyl (C=O) groups is 2. The fraction of sp³-hybridized carbons (Fsp3) is 0. The summed E-state index contributed by atoms with van der Waals surface area (Å²) in [6, 6.07) is 39.1. The highest BCUT2D eigenvalue weighted by Crippen LogP contribution is 2.42. The Kier molecular flexibility index (Phi) is 7.50. The Hall–Kier alpha value is -6.02. The van der Waals surface area contributed by atoms with Gasteiger partial charge in [0.1, 0.15) is 0 Å². The Morgan fingerprint density at radius 3 is 1.05 bits per heavy atom. The number of esters is 2. The largest absolute Gasteiger partial charge is 0.418 e. The van der Waals surface area contributed by atoms with Gasteiger partial charge in [-0.15, -0.1) is 0 Å². The summed E-state index contributed by atoms with van der Waals surface area (Å²) < 4.78 is 11.4. The van der Waals surface area contributed by atoms with Gasteiger partial charge in [-0.1, -0.05) is 60.7 Å². The van der Waals surface area contributed by atoms with E-state index in [4.69, 9.17) is 9.47 Å². The molecule has 0 spiro atoms. The van der Waals surface area contributed by atoms with Gasteiger partial charge >= 0.3 is 11.9 Å². The standard InChI is InChI=1S/C34H22N4O4/c39-33(23-15-19-27(20-16-23)37-35-25-9-3-1-4-10-25)41-31-29-13-7-8-14-30(29)32(31)42-34(40)24-17-21-28(22-18-24)38-36-26-11-5-2-6-12-26/h1-22H. The van der Waals surface area contributed by atoms with Crippen LogP contribution in [0.5, 0.6) is 0 Å². The SMILES string of the molecule is O=C(OC1=C(OC(=O)c2ccc(N=Nc3ccccc3)cc2)c2ccccc21)c1ccc(N=Nc2ccccc2)cc1. The van der Waals surface area contributed by atoms with Crippen molar-refractivity contribution in [2.75, 3.05) is 0 Å². The smallest absolute Gasteiger partial charge is 0.343 e. The number of carbonyl (C=O) groups excluding carboxylic acids is 2. The number of ether oxygens (including phenoxy) is 2. The molecule has 5 aromatic carbocycles. The summed E-state index contributed by atoms with van der Waals surface area (Å²) in [5.74, 6) is -0.782. The van der Waals surface area contributed by atoms with E-state index >= 15 is 0 Å². The minimum atomic E-state index is -0.590. The third kappa shape index (κ3) is 5.93. The lowest BCUT2D eigenvalue weighted by atomic mass is 9.93. The minimum Gasteiger partial charge on any atom is -0.418 e. The van der Waals surface area contributed by atoms with Gasteiger partial charge in [-0.05, 0) is 72.8 Å². The maximum Gasteiger partial charge on any atom is 0.343 e. The van der Waals surface area contributed by atoms with Gasteiger partial charge in [-0.3, -0.25) is 0 Å². The molecule has 42 heavy (non-hydrogen) atoms. The van der Waals surface area contributed by atoms with Crippen LogP contribution in [0.1, 0.15) is 31.8 Å². The van der Waals surface area contributed by atoms with Crippen molar-refractivity contribution in [1.29, 1.82) is 0 Å². The Bertz CT molecular complexity index is 1700. The zero-order valence-corrected chi connectivity index (χ0v) is 22.1. The zero-order valence-electron chi connectivity index (χ0n) is 22.1. The molecule has 0 aromatic heterocycles. The van der Waals surface area contributed by atoms with E-state index in [0.29, 0.717) is 33.6 Å². The van der Waals surface area contributed by atoms with Gasteiger partial charge in [-0.25, -0.2) is 9.59 Å². The van der Waals surface area contributed by atoms with Crippen LogP contribution in [0.25, 0.3) is 11.5 Å². The second kappa shape index (κ2) is 12.0. The number of hydrogen-bond acceptors (Lipinski definition) is 8. The Morgan fingerprint density at radius 1 is 0.381 bits per heavy atom. The third-order valence-corrected chi connectivity index (χ3v) is 6.29. The van der Waals surface area contributed by atoms with E-state index in [1.165, 1.54) is 0 Å². The first-order chi connectivity index (χ1) is 20.6. The van der Waals surface area contributed by atoms with Gasteiger partial charge in [0.25, 0.3) is 0 Å². The molecule has 0 N–H and O–H groups in total. The molecule has 0 atom stereocenters. The Balaban J connectivity index is 1.14. The van der Waals surface area contributed by atoms with Crippen LogP contribution in [0, 0.1) is 0 Å². The average Bonchev–Trinajstić information content (AvgIpc) is 3.05. The maximum absolute atomic E-state index is 13.0. The lowest BCUT2D eigenvalue weighted by Crippen LogP contribution is -2.17. The monoisotopic (exact) mass is 550 g/mol. The van der Waals surface area contributed by atoms with Crippen molar-refractivity contribution in [2.45, 2.75) is 0 Å². The molecular weight excluding hydrogens is 528 g/mol. The summed E-state index contributed by atoms with van der Waals surface area (Å²) in [5.41, 5.74) is 4.62. The molecule has 0 bridgehead atoms. The van der Waals surface area contributed by atoms with Crippen LogP contribution >= 0.6 is 0 Å². The molecule has 0 fully saturated rings. The molecule has 0 heterocycles. The van der Waals surface area contributed by atoms with E-state index in [0.717, 1.165) is 11.4 Å². The number of rotatable bonds is 8. The predicted molar refractivity (Wildman–Crippen MR) is 158 cm³/mol. The Labute approximate surface area is 241 Å². The summed E-state index contributed by atoms with van der Waals surface area (Å²) in [7, 11) is 0. The summed E-state index contributed by atoms with van der Waals surface area (Å²) in [6.07, 6.45) is 0. The van der Waals surface area contributed by atoms with Crippen molar-refractivity contribution in [3.05, 3.63) is 156 Å². The molecule has 0 amide bonds. The summed E-state index contributed by atoms with van der Waals surface area (Å²) in [6.45, 7) is 0. The van der Waals surface area contributed by atoms with Crippen LogP contribution in [0.4, 0.5) is 22.7 Å². The number of fused-ring (bicyclic) bond motifs is 1. The van der Waals surface area contributed by atoms with Crippen molar-refractivity contribution in [2.24, 2.45) is 20.5 Å². The highest BCUT2D eigenvalue weighted by atomic mass is 16.6. The molecule has 5 aromatic rings. The lowest BCUT2D eigenvalue weighted by Gasteiger charge is -2.25. The summed E-state index contributed by atoms with van der Waals surface area (Å²) in [5, 5.41) is 16.7. The van der Waals surface area contributed by atoms with E-state index < -0.39 is 11.9 Å². The van der Waals surface area contributed by atoms with Gasteiger partial charge in [0.05, 0.1) is 33.9 Å². The third-order valence-electron chi connectivity index (χ3n) is 6.29. The zero-order chi connectivity index (χ0) is 28.7. The molecule has 202 valence electrons. The Morgan fingerprint density at radius 2 is 0.690 bits per heavy atom. The van der Waals surface area contributed by atoms with Crippen molar-refractivity contribution in [1.82, 2.24) is 0 Å². The fourth-order valence-corrected chi connectivity index (χ4v) is 4.12. The maximum atomic E-state index is 13.0. The van der Waals surface area contributed by atoms with Crippen LogP contribution in [0.2, 0.25) is 0 Å². The van der Waals surface area contributed by atoms with Gasteiger partial charge < -0.3 is 9.47 Å². The summed E-state index contributed by atoms with van der Waals surface area (Å²) in [4.78, 5) is 26.0. The average molecular weight is 551 g/mol. The molecule has 8 heteroatoms. The van der Waals surface area contributed by atoms with Gasteiger partial charge in [0.2, 0.25) is 0 Å². The van der Waals surface area contributed by atoms with Crippen LogP contribution in [0.15, 0.2) is 154 Å². The molecule has 8 nitrogen and oxygen atoms in total. The molecule has 1 aliphatic rings. The molecular formula is C34H22N4O4. The molecule has 0 radical (unpaired) electrons. The van der Waals surface area contributed by atoms with Gasteiger partial charge in [-0.2, -0.15) is 20.5 Å². The molecule has 0 aliphatic heterocycles. The van der Waals surface area contributed by atoms with E-state index in [1.54, 1.807) is 60.7 Å². The molecule has 1 aliphatic carbocycles. The van der Waals surface area contributed by atoms with Crippen LogP contribution in [-0.4, -0.2) is 11.9 Å². The number of hydrogen-bond donors (Lipinski definition) is 0. The number of nitrogens with zero attached hydrogens (tertiary/aromatic N) is 4. The van der Waals surface area contributed by atoms with E-state index in [9.17, 15) is 9.59 Å². The first-order valence-electron chi connectivity index (χ1n) is 13.1. The fourth-order valence-electron chi connectivity index (χ4n) is 4.12. The number of azo groups is 2. The number of benzene rings is 5. The normalized spacial score (nSPS) is 12.2. The minimum absolute atomic E-state index is 0.199. The highest BCUT2D eigenvalue weighted by Gasteiger charge is 2.33. The van der Waals surface area contributed by atoms with Gasteiger partial charge in [0.15, 0.2) is 11.5 Å². The molecule has 6 rings (SSSR count). The molecule has 0 saturated carbocycles.